The van der Waals surface area contributed by atoms with Crippen molar-refractivity contribution in [2.75, 3.05) is 44.2 Å². The molecule has 22 heavy (non-hydrogen) atoms. The Morgan fingerprint density at radius 2 is 1.82 bits per heavy atom. The van der Waals surface area contributed by atoms with Crippen molar-refractivity contribution in [3.8, 4) is 0 Å². The lowest BCUT2D eigenvalue weighted by atomic mass is 10.2. The van der Waals surface area contributed by atoms with Crippen molar-refractivity contribution in [1.82, 2.24) is 19.9 Å². The number of alkyl halides is 2. The Morgan fingerprint density at radius 3 is 2.55 bits per heavy atom. The Bertz CT molecular complexity index is 646. The van der Waals surface area contributed by atoms with Gasteiger partial charge < -0.3 is 10.0 Å². The van der Waals surface area contributed by atoms with Gasteiger partial charge in [-0.3, -0.25) is 9.88 Å². The molecule has 1 saturated heterocycles. The van der Waals surface area contributed by atoms with E-state index in [1.165, 1.54) is 0 Å². The molecule has 0 unspecified atom stereocenters. The summed E-state index contributed by atoms with van der Waals surface area (Å²) < 4.78 is 26.4. The van der Waals surface area contributed by atoms with Gasteiger partial charge in [0.25, 0.3) is 5.92 Å². The molecule has 0 aromatic carbocycles. The average Bonchev–Trinajstić information content (AvgIpc) is 2.55. The summed E-state index contributed by atoms with van der Waals surface area (Å²) in [6.45, 7) is 0.720. The molecule has 118 valence electrons. The molecule has 2 aromatic rings. The number of pyridine rings is 1. The summed E-state index contributed by atoms with van der Waals surface area (Å²) in [5, 5.41) is 8.65. The molecular weight excluding hydrogens is 292 g/mol. The molecule has 0 radical (unpaired) electrons. The fraction of sp³-hybridized carbons (Fsp3) is 0.500. The van der Waals surface area contributed by atoms with E-state index in [0.717, 1.165) is 11.3 Å². The van der Waals surface area contributed by atoms with Crippen LogP contribution in [0.25, 0.3) is 11.2 Å². The van der Waals surface area contributed by atoms with E-state index in [0.29, 0.717) is 31.8 Å². The van der Waals surface area contributed by atoms with Gasteiger partial charge in [-0.15, -0.1) is 0 Å². The van der Waals surface area contributed by atoms with Gasteiger partial charge in [-0.2, -0.15) is 0 Å². The molecule has 6 nitrogen and oxygen atoms in total. The van der Waals surface area contributed by atoms with Crippen LogP contribution in [0.5, 0.6) is 0 Å². The summed E-state index contributed by atoms with van der Waals surface area (Å²) in [5.41, 5.74) is 1.31. The van der Waals surface area contributed by atoms with Gasteiger partial charge in [0.2, 0.25) is 0 Å². The van der Waals surface area contributed by atoms with E-state index in [9.17, 15) is 8.78 Å². The zero-order valence-corrected chi connectivity index (χ0v) is 12.0. The summed E-state index contributed by atoms with van der Waals surface area (Å²) in [5.74, 6) is -2.26. The van der Waals surface area contributed by atoms with E-state index >= 15 is 0 Å². The van der Waals surface area contributed by atoms with Crippen LogP contribution in [0.2, 0.25) is 0 Å². The van der Waals surface area contributed by atoms with E-state index in [4.69, 9.17) is 5.11 Å². The number of halogens is 2. The average molecular weight is 309 g/mol. The number of aromatic nitrogens is 3. The van der Waals surface area contributed by atoms with Crippen LogP contribution in [0.15, 0.2) is 24.5 Å². The number of aliphatic hydroxyl groups excluding tert-OH is 1. The molecule has 0 saturated carbocycles. The Hall–Kier alpha value is -1.93. The summed E-state index contributed by atoms with van der Waals surface area (Å²) in [6.07, 6.45) is 3.21. The van der Waals surface area contributed by atoms with Crippen molar-refractivity contribution in [2.24, 2.45) is 0 Å². The number of fused-ring (bicyclic) bond motifs is 1. The smallest absolute Gasteiger partial charge is 0.283 e. The number of hydrogen-bond donors (Lipinski definition) is 1. The van der Waals surface area contributed by atoms with Crippen molar-refractivity contribution >= 4 is 17.0 Å². The molecule has 0 bridgehead atoms. The molecule has 0 aliphatic carbocycles. The van der Waals surface area contributed by atoms with Gasteiger partial charge in [-0.1, -0.05) is 0 Å². The maximum atomic E-state index is 13.2. The van der Waals surface area contributed by atoms with Gasteiger partial charge in [-0.25, -0.2) is 18.7 Å². The van der Waals surface area contributed by atoms with E-state index in [-0.39, 0.29) is 0 Å². The number of nitrogens with zero attached hydrogens (tertiary/aromatic N) is 5. The lowest BCUT2D eigenvalue weighted by Crippen LogP contribution is -2.50. The highest BCUT2D eigenvalue weighted by Gasteiger charge is 2.32. The van der Waals surface area contributed by atoms with Crippen LogP contribution in [-0.4, -0.2) is 70.2 Å². The van der Waals surface area contributed by atoms with Gasteiger partial charge in [-0.05, 0) is 12.1 Å². The van der Waals surface area contributed by atoms with Gasteiger partial charge >= 0.3 is 0 Å². The molecule has 0 amide bonds. The number of hydrogen-bond acceptors (Lipinski definition) is 6. The van der Waals surface area contributed by atoms with Crippen LogP contribution in [0.4, 0.5) is 14.6 Å². The summed E-state index contributed by atoms with van der Waals surface area (Å²) in [7, 11) is 0. The molecule has 3 rings (SSSR count). The quantitative estimate of drug-likeness (QED) is 0.900. The molecule has 8 heteroatoms. The van der Waals surface area contributed by atoms with Gasteiger partial charge in [0.15, 0.2) is 5.65 Å². The molecular formula is C14H17F2N5O. The van der Waals surface area contributed by atoms with Crippen LogP contribution in [0.1, 0.15) is 0 Å². The molecule has 3 heterocycles. The monoisotopic (exact) mass is 309 g/mol. The van der Waals surface area contributed by atoms with Crippen molar-refractivity contribution < 1.29 is 13.9 Å². The van der Waals surface area contributed by atoms with Crippen molar-refractivity contribution in [2.45, 2.75) is 5.92 Å². The zero-order chi connectivity index (χ0) is 15.6. The van der Waals surface area contributed by atoms with Crippen LogP contribution in [0, 0.1) is 0 Å². The molecule has 1 aliphatic rings. The van der Waals surface area contributed by atoms with Gasteiger partial charge in [0.1, 0.15) is 17.9 Å². The van der Waals surface area contributed by atoms with Crippen molar-refractivity contribution in [1.29, 1.82) is 0 Å². The number of aliphatic hydroxyl groups is 1. The third kappa shape index (κ3) is 3.28. The minimum absolute atomic E-state index is 0.409. The largest absolute Gasteiger partial charge is 0.390 e. The highest BCUT2D eigenvalue weighted by Crippen LogP contribution is 2.19. The highest BCUT2D eigenvalue weighted by molar-refractivity contribution is 5.71. The second-order valence-electron chi connectivity index (χ2n) is 5.35. The summed E-state index contributed by atoms with van der Waals surface area (Å²) in [6, 6.07) is 3.73. The molecule has 1 aliphatic heterocycles. The van der Waals surface area contributed by atoms with Crippen molar-refractivity contribution in [3.05, 3.63) is 24.5 Å². The number of rotatable bonds is 4. The fourth-order valence-corrected chi connectivity index (χ4v) is 2.53. The maximum Gasteiger partial charge on any atom is 0.283 e. The first-order valence-electron chi connectivity index (χ1n) is 7.11. The third-order valence-corrected chi connectivity index (χ3v) is 3.70. The predicted octanol–water partition coefficient (Wildman–Crippen LogP) is 0.774. The molecule has 1 fully saturated rings. The van der Waals surface area contributed by atoms with Crippen molar-refractivity contribution in [3.63, 3.8) is 0 Å². The first-order chi connectivity index (χ1) is 10.6. The number of anilines is 1. The standard InChI is InChI=1S/C14H17F2N5O/c15-14(16,10-22)9-20-5-7-21(8-6-20)12-2-1-11-13(19-12)18-4-3-17-11/h1-4,22H,5-10H2. The Morgan fingerprint density at radius 1 is 1.09 bits per heavy atom. The minimum atomic E-state index is -3.04. The lowest BCUT2D eigenvalue weighted by Gasteiger charge is -2.36. The van der Waals surface area contributed by atoms with E-state index in [1.54, 1.807) is 17.3 Å². The summed E-state index contributed by atoms with van der Waals surface area (Å²) >= 11 is 0. The summed E-state index contributed by atoms with van der Waals surface area (Å²) in [4.78, 5) is 16.5. The fourth-order valence-electron chi connectivity index (χ4n) is 2.53. The molecule has 1 N–H and O–H groups in total. The highest BCUT2D eigenvalue weighted by atomic mass is 19.3. The molecule has 2 aromatic heterocycles. The third-order valence-electron chi connectivity index (χ3n) is 3.70. The van der Waals surface area contributed by atoms with E-state index < -0.39 is 19.1 Å². The maximum absolute atomic E-state index is 13.2. The van der Waals surface area contributed by atoms with Crippen LogP contribution < -0.4 is 4.90 Å². The Balaban J connectivity index is 1.65. The van der Waals surface area contributed by atoms with Crippen LogP contribution >= 0.6 is 0 Å². The minimum Gasteiger partial charge on any atom is -0.390 e. The molecule has 0 spiro atoms. The Kier molecular flexibility index (Phi) is 4.12. The Labute approximate surface area is 126 Å². The normalized spacial score (nSPS) is 17.1. The van der Waals surface area contributed by atoms with Gasteiger partial charge in [0.05, 0.1) is 6.54 Å². The first-order valence-corrected chi connectivity index (χ1v) is 7.11. The second-order valence-corrected chi connectivity index (χ2v) is 5.35. The van der Waals surface area contributed by atoms with E-state index in [2.05, 4.69) is 15.0 Å². The predicted molar refractivity (Wildman–Crippen MR) is 78.0 cm³/mol. The van der Waals surface area contributed by atoms with Gasteiger partial charge in [0, 0.05) is 38.6 Å². The zero-order valence-electron chi connectivity index (χ0n) is 12.0. The molecule has 0 atom stereocenters. The van der Waals surface area contributed by atoms with E-state index in [1.807, 2.05) is 17.0 Å². The SMILES string of the molecule is OCC(F)(F)CN1CCN(c2ccc3nccnc3n2)CC1. The second kappa shape index (κ2) is 6.05. The number of piperazine rings is 1. The van der Waals surface area contributed by atoms with Crippen LogP contribution in [0.3, 0.4) is 0 Å². The topological polar surface area (TPSA) is 65.4 Å². The van der Waals surface area contributed by atoms with Crippen LogP contribution in [-0.2, 0) is 0 Å². The first kappa shape index (κ1) is 15.0. The lowest BCUT2D eigenvalue weighted by molar-refractivity contribution is -0.0733.